The van der Waals surface area contributed by atoms with E-state index in [1.54, 1.807) is 31.2 Å². The molecule has 24 heavy (non-hydrogen) atoms. The molecule has 1 amide bonds. The Bertz CT molecular complexity index is 971. The monoisotopic (exact) mass is 319 g/mol. The lowest BCUT2D eigenvalue weighted by molar-refractivity contribution is 0.0958. The maximum Gasteiger partial charge on any atom is 0.255 e. The van der Waals surface area contributed by atoms with Crippen LogP contribution in [-0.4, -0.2) is 12.5 Å². The molecule has 0 aliphatic carbocycles. The van der Waals surface area contributed by atoms with Crippen LogP contribution in [0.25, 0.3) is 22.3 Å². The molecular weight excluding hydrogens is 302 g/mol. The van der Waals surface area contributed by atoms with Crippen molar-refractivity contribution in [1.29, 1.82) is 0 Å². The summed E-state index contributed by atoms with van der Waals surface area (Å²) in [6.45, 7) is 5.66. The van der Waals surface area contributed by atoms with Gasteiger partial charge in [0.1, 0.15) is 5.76 Å². The van der Waals surface area contributed by atoms with Crippen LogP contribution in [0.4, 0.5) is 0 Å². The van der Waals surface area contributed by atoms with Crippen molar-refractivity contribution in [3.8, 4) is 11.3 Å². The largest absolute Gasteiger partial charge is 0.455 e. The van der Waals surface area contributed by atoms with Gasteiger partial charge >= 0.3 is 0 Å². The highest BCUT2D eigenvalue weighted by Crippen LogP contribution is 2.27. The molecule has 1 heterocycles. The van der Waals surface area contributed by atoms with Crippen LogP contribution in [0.1, 0.15) is 15.9 Å². The van der Waals surface area contributed by atoms with E-state index in [0.29, 0.717) is 34.4 Å². The first kappa shape index (κ1) is 15.7. The van der Waals surface area contributed by atoms with Crippen molar-refractivity contribution in [2.45, 2.75) is 6.92 Å². The van der Waals surface area contributed by atoms with Gasteiger partial charge in [0.05, 0.1) is 10.9 Å². The van der Waals surface area contributed by atoms with Gasteiger partial charge in [0.15, 0.2) is 11.0 Å². The van der Waals surface area contributed by atoms with Crippen LogP contribution < -0.4 is 10.7 Å². The normalized spacial score (nSPS) is 10.5. The van der Waals surface area contributed by atoms with Crippen LogP contribution in [0, 0.1) is 6.92 Å². The quantitative estimate of drug-likeness (QED) is 0.746. The number of hydrogen-bond acceptors (Lipinski definition) is 3. The van der Waals surface area contributed by atoms with E-state index < -0.39 is 0 Å². The second-order valence-electron chi connectivity index (χ2n) is 5.43. The Morgan fingerprint density at radius 2 is 1.92 bits per heavy atom. The molecule has 0 spiro atoms. The third kappa shape index (κ3) is 2.74. The molecule has 1 N–H and O–H groups in total. The molecule has 1 aromatic heterocycles. The van der Waals surface area contributed by atoms with E-state index in [-0.39, 0.29) is 11.3 Å². The molecule has 0 unspecified atom stereocenters. The van der Waals surface area contributed by atoms with Crippen LogP contribution >= 0.6 is 0 Å². The van der Waals surface area contributed by atoms with Crippen LogP contribution in [0.5, 0.6) is 0 Å². The van der Waals surface area contributed by atoms with E-state index in [1.807, 2.05) is 30.3 Å². The smallest absolute Gasteiger partial charge is 0.255 e. The number of para-hydroxylation sites is 1. The summed E-state index contributed by atoms with van der Waals surface area (Å²) in [7, 11) is 0. The van der Waals surface area contributed by atoms with E-state index >= 15 is 0 Å². The predicted molar refractivity (Wildman–Crippen MR) is 95.2 cm³/mol. The first-order valence-corrected chi connectivity index (χ1v) is 7.64. The van der Waals surface area contributed by atoms with Crippen molar-refractivity contribution in [3.63, 3.8) is 0 Å². The summed E-state index contributed by atoms with van der Waals surface area (Å²) in [5.74, 6) is 0.184. The minimum Gasteiger partial charge on any atom is -0.455 e. The van der Waals surface area contributed by atoms with E-state index in [1.165, 1.54) is 0 Å². The highest BCUT2D eigenvalue weighted by Gasteiger charge is 2.17. The zero-order valence-corrected chi connectivity index (χ0v) is 13.3. The number of rotatable bonds is 4. The van der Waals surface area contributed by atoms with E-state index in [2.05, 4.69) is 11.9 Å². The van der Waals surface area contributed by atoms with Crippen molar-refractivity contribution in [2.75, 3.05) is 6.54 Å². The fraction of sp³-hybridized carbons (Fsp3) is 0.100. The van der Waals surface area contributed by atoms with Crippen LogP contribution in [0.3, 0.4) is 0 Å². The zero-order chi connectivity index (χ0) is 17.1. The number of amides is 1. The lowest BCUT2D eigenvalue weighted by Gasteiger charge is -2.10. The Morgan fingerprint density at radius 3 is 2.62 bits per heavy atom. The van der Waals surface area contributed by atoms with Crippen LogP contribution in [0.2, 0.25) is 0 Å². The number of nitrogens with one attached hydrogen (secondary N) is 1. The topological polar surface area (TPSA) is 59.3 Å². The van der Waals surface area contributed by atoms with Gasteiger partial charge in [-0.2, -0.15) is 0 Å². The number of carbonyl (C=O) groups excluding carboxylic acids is 1. The Kier molecular flexibility index (Phi) is 4.29. The fourth-order valence-electron chi connectivity index (χ4n) is 2.61. The second kappa shape index (κ2) is 6.54. The third-order valence-electron chi connectivity index (χ3n) is 3.83. The van der Waals surface area contributed by atoms with Gasteiger partial charge in [0, 0.05) is 17.7 Å². The summed E-state index contributed by atoms with van der Waals surface area (Å²) in [6, 6.07) is 14.4. The molecule has 0 bridgehead atoms. The van der Waals surface area contributed by atoms with Gasteiger partial charge in [-0.15, -0.1) is 6.58 Å². The van der Waals surface area contributed by atoms with Crippen molar-refractivity contribution in [1.82, 2.24) is 5.32 Å². The third-order valence-corrected chi connectivity index (χ3v) is 3.83. The molecular formula is C20H17NO3. The molecule has 0 aliphatic heterocycles. The molecule has 0 saturated heterocycles. The summed E-state index contributed by atoms with van der Waals surface area (Å²) in [6.07, 6.45) is 1.60. The summed E-state index contributed by atoms with van der Waals surface area (Å²) in [5.41, 5.74) is 1.83. The Morgan fingerprint density at radius 1 is 1.17 bits per heavy atom. The van der Waals surface area contributed by atoms with E-state index in [4.69, 9.17) is 4.42 Å². The van der Waals surface area contributed by atoms with Gasteiger partial charge in [0.25, 0.3) is 5.91 Å². The maximum absolute atomic E-state index is 12.7. The Labute approximate surface area is 139 Å². The van der Waals surface area contributed by atoms with Gasteiger partial charge in [-0.25, -0.2) is 0 Å². The molecule has 2 aromatic carbocycles. The zero-order valence-electron chi connectivity index (χ0n) is 13.3. The molecule has 3 aromatic rings. The fourth-order valence-corrected chi connectivity index (χ4v) is 2.61. The SMILES string of the molecule is C=CCNC(=O)c1cccc2c(=O)c(C)c(-c3ccccc3)oc12. The minimum absolute atomic E-state index is 0.131. The van der Waals surface area contributed by atoms with Crippen molar-refractivity contribution in [2.24, 2.45) is 0 Å². The summed E-state index contributed by atoms with van der Waals surface area (Å²) >= 11 is 0. The molecule has 0 atom stereocenters. The summed E-state index contributed by atoms with van der Waals surface area (Å²) in [4.78, 5) is 25.0. The minimum atomic E-state index is -0.300. The molecule has 0 radical (unpaired) electrons. The van der Waals surface area contributed by atoms with E-state index in [0.717, 1.165) is 5.56 Å². The maximum atomic E-state index is 12.7. The average molecular weight is 319 g/mol. The molecule has 3 rings (SSSR count). The van der Waals surface area contributed by atoms with Crippen molar-refractivity contribution < 1.29 is 9.21 Å². The number of benzene rings is 2. The molecule has 0 aliphatic rings. The summed E-state index contributed by atoms with van der Waals surface area (Å²) in [5, 5.41) is 3.12. The second-order valence-corrected chi connectivity index (χ2v) is 5.43. The molecule has 0 fully saturated rings. The van der Waals surface area contributed by atoms with Crippen LogP contribution in [0.15, 0.2) is 70.4 Å². The first-order chi connectivity index (χ1) is 11.6. The Balaban J connectivity index is 2.26. The highest BCUT2D eigenvalue weighted by molar-refractivity contribution is 6.05. The number of hydrogen-bond donors (Lipinski definition) is 1. The number of fused-ring (bicyclic) bond motifs is 1. The van der Waals surface area contributed by atoms with Crippen molar-refractivity contribution >= 4 is 16.9 Å². The lowest BCUT2D eigenvalue weighted by atomic mass is 10.0. The molecule has 4 nitrogen and oxygen atoms in total. The van der Waals surface area contributed by atoms with Gasteiger partial charge in [-0.05, 0) is 19.1 Å². The van der Waals surface area contributed by atoms with Gasteiger partial charge < -0.3 is 9.73 Å². The van der Waals surface area contributed by atoms with E-state index in [9.17, 15) is 9.59 Å². The van der Waals surface area contributed by atoms with Gasteiger partial charge in [-0.3, -0.25) is 9.59 Å². The molecule has 120 valence electrons. The first-order valence-electron chi connectivity index (χ1n) is 7.64. The van der Waals surface area contributed by atoms with Gasteiger partial charge in [0.2, 0.25) is 0 Å². The summed E-state index contributed by atoms with van der Waals surface area (Å²) < 4.78 is 6.01. The number of carbonyl (C=O) groups is 1. The molecule has 0 saturated carbocycles. The Hall–Kier alpha value is -3.14. The standard InChI is InChI=1S/C20H17NO3/c1-3-12-21-20(23)16-11-7-10-15-17(22)13(2)18(24-19(15)16)14-8-5-4-6-9-14/h3-11H,1,12H2,2H3,(H,21,23). The highest BCUT2D eigenvalue weighted by atomic mass is 16.3. The lowest BCUT2D eigenvalue weighted by Crippen LogP contribution is -2.24. The average Bonchev–Trinajstić information content (AvgIpc) is 2.63. The predicted octanol–water partition coefficient (Wildman–Crippen LogP) is 3.68. The van der Waals surface area contributed by atoms with Crippen molar-refractivity contribution in [3.05, 3.63) is 82.5 Å². The van der Waals surface area contributed by atoms with Gasteiger partial charge in [-0.1, -0.05) is 42.5 Å². The molecule has 4 heteroatoms. The van der Waals surface area contributed by atoms with Crippen LogP contribution in [-0.2, 0) is 0 Å².